The SMILES string of the molecule is Nc1ccncc1CC(=O)C12CC3CC(CC(C3)C1)C2. The van der Waals surface area contributed by atoms with Crippen LogP contribution in [0.25, 0.3) is 0 Å². The summed E-state index contributed by atoms with van der Waals surface area (Å²) in [6, 6.07) is 1.79. The first-order valence-electron chi connectivity index (χ1n) is 7.86. The molecule has 0 aliphatic heterocycles. The van der Waals surface area contributed by atoms with Crippen LogP contribution in [0.15, 0.2) is 18.5 Å². The smallest absolute Gasteiger partial charge is 0.143 e. The maximum Gasteiger partial charge on any atom is 0.143 e. The van der Waals surface area contributed by atoms with Crippen molar-refractivity contribution in [2.75, 3.05) is 5.73 Å². The number of aromatic nitrogens is 1. The fourth-order valence-corrected chi connectivity index (χ4v) is 5.40. The van der Waals surface area contributed by atoms with E-state index in [1.165, 1.54) is 19.3 Å². The zero-order valence-corrected chi connectivity index (χ0v) is 11.8. The van der Waals surface area contributed by atoms with Gasteiger partial charge >= 0.3 is 0 Å². The third-order valence-corrected chi connectivity index (χ3v) is 5.92. The molecule has 2 N–H and O–H groups in total. The number of hydrogen-bond donors (Lipinski definition) is 1. The zero-order valence-electron chi connectivity index (χ0n) is 11.8. The van der Waals surface area contributed by atoms with E-state index >= 15 is 0 Å². The topological polar surface area (TPSA) is 56.0 Å². The van der Waals surface area contributed by atoms with Crippen LogP contribution in [0.5, 0.6) is 0 Å². The molecule has 4 saturated carbocycles. The largest absolute Gasteiger partial charge is 0.398 e. The highest BCUT2D eigenvalue weighted by Crippen LogP contribution is 2.60. The minimum absolute atomic E-state index is 0.0168. The lowest BCUT2D eigenvalue weighted by molar-refractivity contribution is -0.143. The number of carbonyl (C=O) groups is 1. The number of nitrogens with zero attached hydrogens (tertiary/aromatic N) is 1. The average molecular weight is 270 g/mol. The molecule has 4 fully saturated rings. The van der Waals surface area contributed by atoms with Gasteiger partial charge < -0.3 is 5.73 Å². The molecule has 4 aliphatic rings. The Hall–Kier alpha value is -1.38. The highest BCUT2D eigenvalue weighted by atomic mass is 16.1. The van der Waals surface area contributed by atoms with Gasteiger partial charge in [0.05, 0.1) is 0 Å². The molecule has 3 nitrogen and oxygen atoms in total. The number of pyridine rings is 1. The van der Waals surface area contributed by atoms with Crippen LogP contribution >= 0.6 is 0 Å². The molecule has 0 radical (unpaired) electrons. The molecular formula is C17H22N2O. The third-order valence-electron chi connectivity index (χ3n) is 5.92. The Morgan fingerprint density at radius 2 is 1.80 bits per heavy atom. The molecule has 0 atom stereocenters. The summed E-state index contributed by atoms with van der Waals surface area (Å²) in [5.74, 6) is 2.88. The van der Waals surface area contributed by atoms with Gasteiger partial charge in [0.1, 0.15) is 5.78 Å². The van der Waals surface area contributed by atoms with Gasteiger partial charge in [0, 0.05) is 35.5 Å². The van der Waals surface area contributed by atoms with E-state index in [9.17, 15) is 4.79 Å². The number of hydrogen-bond acceptors (Lipinski definition) is 3. The van der Waals surface area contributed by atoms with Gasteiger partial charge in [-0.1, -0.05) is 0 Å². The summed E-state index contributed by atoms with van der Waals surface area (Å²) in [5.41, 5.74) is 7.57. The molecule has 5 rings (SSSR count). The van der Waals surface area contributed by atoms with Crippen molar-refractivity contribution < 1.29 is 4.79 Å². The lowest BCUT2D eigenvalue weighted by Gasteiger charge is -2.56. The summed E-state index contributed by atoms with van der Waals surface area (Å²) < 4.78 is 0. The lowest BCUT2D eigenvalue weighted by Crippen LogP contribution is -2.50. The van der Waals surface area contributed by atoms with Crippen LogP contribution in [0.3, 0.4) is 0 Å². The Kier molecular flexibility index (Phi) is 2.66. The molecular weight excluding hydrogens is 248 g/mol. The molecule has 0 spiro atoms. The molecule has 106 valence electrons. The molecule has 20 heavy (non-hydrogen) atoms. The molecule has 0 saturated heterocycles. The van der Waals surface area contributed by atoms with E-state index in [0.29, 0.717) is 17.9 Å². The number of ketones is 1. The van der Waals surface area contributed by atoms with Crippen molar-refractivity contribution >= 4 is 11.5 Å². The fraction of sp³-hybridized carbons (Fsp3) is 0.647. The normalized spacial score (nSPS) is 38.1. The quantitative estimate of drug-likeness (QED) is 0.918. The second-order valence-electron chi connectivity index (χ2n) is 7.37. The van der Waals surface area contributed by atoms with Crippen LogP contribution in [0.4, 0.5) is 5.69 Å². The first-order valence-corrected chi connectivity index (χ1v) is 7.86. The Morgan fingerprint density at radius 3 is 2.35 bits per heavy atom. The zero-order chi connectivity index (χ0) is 13.7. The van der Waals surface area contributed by atoms with E-state index in [-0.39, 0.29) is 5.41 Å². The summed E-state index contributed by atoms with van der Waals surface area (Å²) in [6.45, 7) is 0. The number of carbonyl (C=O) groups excluding carboxylic acids is 1. The molecule has 0 aromatic carbocycles. The molecule has 4 bridgehead atoms. The summed E-state index contributed by atoms with van der Waals surface area (Å²) >= 11 is 0. The van der Waals surface area contributed by atoms with E-state index < -0.39 is 0 Å². The molecule has 0 unspecified atom stereocenters. The maximum absolute atomic E-state index is 12.9. The standard InChI is InChI=1S/C17H22N2O/c18-15-1-2-19-10-14(15)6-16(20)17-7-11-3-12(8-17)5-13(4-11)9-17/h1-2,10-13H,3-9H2,(H2,18,19). The Labute approximate surface area is 120 Å². The molecule has 0 amide bonds. The summed E-state index contributed by atoms with van der Waals surface area (Å²) in [4.78, 5) is 17.0. The van der Waals surface area contributed by atoms with E-state index in [1.54, 1.807) is 18.5 Å². The van der Waals surface area contributed by atoms with Gasteiger partial charge in [0.25, 0.3) is 0 Å². The minimum Gasteiger partial charge on any atom is -0.398 e. The van der Waals surface area contributed by atoms with Crippen LogP contribution in [0.1, 0.15) is 44.1 Å². The predicted octanol–water partition coefficient (Wildman–Crippen LogP) is 2.99. The lowest BCUT2D eigenvalue weighted by atomic mass is 9.48. The molecule has 3 heteroatoms. The van der Waals surface area contributed by atoms with Crippen molar-refractivity contribution in [1.82, 2.24) is 4.98 Å². The van der Waals surface area contributed by atoms with Crippen molar-refractivity contribution in [2.45, 2.75) is 44.9 Å². The van der Waals surface area contributed by atoms with Gasteiger partial charge in [-0.15, -0.1) is 0 Å². The van der Waals surface area contributed by atoms with Gasteiger partial charge in [-0.2, -0.15) is 0 Å². The van der Waals surface area contributed by atoms with E-state index in [0.717, 1.165) is 42.6 Å². The summed E-state index contributed by atoms with van der Waals surface area (Å²) in [7, 11) is 0. The fourth-order valence-electron chi connectivity index (χ4n) is 5.40. The van der Waals surface area contributed by atoms with Crippen molar-refractivity contribution in [1.29, 1.82) is 0 Å². The van der Waals surface area contributed by atoms with Crippen LogP contribution in [0, 0.1) is 23.2 Å². The van der Waals surface area contributed by atoms with Crippen molar-refractivity contribution in [2.24, 2.45) is 23.2 Å². The number of rotatable bonds is 3. The Morgan fingerprint density at radius 1 is 1.20 bits per heavy atom. The van der Waals surface area contributed by atoms with E-state index in [2.05, 4.69) is 4.98 Å². The highest BCUT2D eigenvalue weighted by molar-refractivity contribution is 5.88. The Balaban J connectivity index is 1.58. The molecule has 1 aromatic rings. The Bertz CT molecular complexity index is 516. The van der Waals surface area contributed by atoms with Crippen LogP contribution in [0.2, 0.25) is 0 Å². The van der Waals surface area contributed by atoms with Gasteiger partial charge in [-0.3, -0.25) is 9.78 Å². The van der Waals surface area contributed by atoms with Gasteiger partial charge in [0.2, 0.25) is 0 Å². The van der Waals surface area contributed by atoms with E-state index in [1.807, 2.05) is 0 Å². The monoisotopic (exact) mass is 270 g/mol. The van der Waals surface area contributed by atoms with Crippen molar-refractivity contribution in [3.63, 3.8) is 0 Å². The summed E-state index contributed by atoms with van der Waals surface area (Å²) in [5, 5.41) is 0. The third kappa shape index (κ3) is 1.87. The first-order chi connectivity index (χ1) is 9.64. The maximum atomic E-state index is 12.9. The second-order valence-corrected chi connectivity index (χ2v) is 7.37. The van der Waals surface area contributed by atoms with Crippen molar-refractivity contribution in [3.8, 4) is 0 Å². The van der Waals surface area contributed by atoms with Gasteiger partial charge in [-0.25, -0.2) is 0 Å². The van der Waals surface area contributed by atoms with Crippen molar-refractivity contribution in [3.05, 3.63) is 24.0 Å². The number of anilines is 1. The molecule has 1 heterocycles. The number of nitrogen functional groups attached to an aromatic ring is 1. The van der Waals surface area contributed by atoms with Crippen LogP contribution in [-0.2, 0) is 11.2 Å². The predicted molar refractivity (Wildman–Crippen MR) is 78.0 cm³/mol. The number of Topliss-reactive ketones (excluding diaryl/α,β-unsaturated/α-hetero) is 1. The summed E-state index contributed by atoms with van der Waals surface area (Å²) in [6.07, 6.45) is 11.5. The van der Waals surface area contributed by atoms with E-state index in [4.69, 9.17) is 5.73 Å². The van der Waals surface area contributed by atoms with Crippen LogP contribution < -0.4 is 5.73 Å². The minimum atomic E-state index is -0.0168. The molecule has 4 aliphatic carbocycles. The second kappa shape index (κ2) is 4.31. The van der Waals surface area contributed by atoms with Gasteiger partial charge in [0.15, 0.2) is 0 Å². The highest BCUT2D eigenvalue weighted by Gasteiger charge is 2.54. The molecule has 1 aromatic heterocycles. The van der Waals surface area contributed by atoms with Gasteiger partial charge in [-0.05, 0) is 62.3 Å². The van der Waals surface area contributed by atoms with Crippen LogP contribution in [-0.4, -0.2) is 10.8 Å². The number of nitrogens with two attached hydrogens (primary N) is 1. The first kappa shape index (κ1) is 12.4. The average Bonchev–Trinajstić information content (AvgIpc) is 2.40.